The fourth-order valence-electron chi connectivity index (χ4n) is 2.36. The molecule has 27 heavy (non-hydrogen) atoms. The summed E-state index contributed by atoms with van der Waals surface area (Å²) >= 11 is 3.45. The molecule has 0 saturated carbocycles. The summed E-state index contributed by atoms with van der Waals surface area (Å²) in [7, 11) is -2.11. The van der Waals surface area contributed by atoms with E-state index in [1.54, 1.807) is 0 Å². The first-order chi connectivity index (χ1) is 12.6. The van der Waals surface area contributed by atoms with Crippen molar-refractivity contribution in [3.8, 4) is 0 Å². The normalized spacial score (nSPS) is 13.3. The highest BCUT2D eigenvalue weighted by atomic mass is 79.9. The second-order valence-electron chi connectivity index (χ2n) is 8.29. The van der Waals surface area contributed by atoms with Gasteiger partial charge in [0.25, 0.3) is 0 Å². The van der Waals surface area contributed by atoms with Gasteiger partial charge < -0.3 is 9.16 Å². The van der Waals surface area contributed by atoms with Gasteiger partial charge >= 0.3 is 5.97 Å². The van der Waals surface area contributed by atoms with Crippen LogP contribution in [0.5, 0.6) is 0 Å². The maximum absolute atomic E-state index is 12.9. The third-order valence-corrected chi connectivity index (χ3v) is 10.1. The Hall–Kier alpha value is -1.43. The Kier molecular flexibility index (Phi) is 7.43. The third-order valence-electron chi connectivity index (χ3n) is 5.06. The van der Waals surface area contributed by atoms with E-state index in [0.29, 0.717) is 6.42 Å². The molecule has 0 heterocycles. The first kappa shape index (κ1) is 21.9. The average molecular weight is 449 g/mol. The number of hydrogen-bond donors (Lipinski definition) is 0. The Bertz CT molecular complexity index is 736. The highest BCUT2D eigenvalue weighted by Gasteiger charge is 2.41. The van der Waals surface area contributed by atoms with Crippen molar-refractivity contribution in [1.29, 1.82) is 0 Å². The van der Waals surface area contributed by atoms with Crippen LogP contribution >= 0.6 is 15.9 Å². The summed E-state index contributed by atoms with van der Waals surface area (Å²) in [6.45, 7) is 11.1. The monoisotopic (exact) mass is 448 g/mol. The number of esters is 1. The van der Waals surface area contributed by atoms with Crippen LogP contribution in [0, 0.1) is 0 Å². The third kappa shape index (κ3) is 6.59. The van der Waals surface area contributed by atoms with Gasteiger partial charge in [-0.05, 0) is 41.4 Å². The van der Waals surface area contributed by atoms with Gasteiger partial charge in [0.2, 0.25) is 0 Å². The van der Waals surface area contributed by atoms with E-state index in [1.165, 1.54) is 0 Å². The summed E-state index contributed by atoms with van der Waals surface area (Å²) < 4.78 is 13.0. The molecule has 0 fully saturated rings. The van der Waals surface area contributed by atoms with Crippen molar-refractivity contribution in [3.63, 3.8) is 0 Å². The van der Waals surface area contributed by atoms with Crippen molar-refractivity contribution >= 4 is 30.2 Å². The number of carbonyl (C=O) groups excluding carboxylic acids is 1. The first-order valence-corrected chi connectivity index (χ1v) is 12.9. The SMILES string of the molecule is CC(C)(C)[Si](C)(C)OC(Cc1ccc(Br)cc1)C(=O)OCc1ccccc1. The highest BCUT2D eigenvalue weighted by Crippen LogP contribution is 2.37. The Morgan fingerprint density at radius 1 is 1.00 bits per heavy atom. The summed E-state index contributed by atoms with van der Waals surface area (Å²) in [6.07, 6.45) is -0.0938. The topological polar surface area (TPSA) is 35.5 Å². The van der Waals surface area contributed by atoms with E-state index in [4.69, 9.17) is 9.16 Å². The first-order valence-electron chi connectivity index (χ1n) is 9.21. The molecular formula is C22H29BrO3Si. The molecule has 1 atom stereocenters. The molecule has 1 unspecified atom stereocenters. The molecule has 0 bridgehead atoms. The van der Waals surface area contributed by atoms with Crippen molar-refractivity contribution in [2.24, 2.45) is 0 Å². The van der Waals surface area contributed by atoms with E-state index in [0.717, 1.165) is 15.6 Å². The molecule has 0 aromatic heterocycles. The molecule has 0 radical (unpaired) electrons. The van der Waals surface area contributed by atoms with Crippen molar-refractivity contribution < 1.29 is 14.0 Å². The molecule has 3 nitrogen and oxygen atoms in total. The minimum absolute atomic E-state index is 0.0185. The van der Waals surface area contributed by atoms with Gasteiger partial charge in [-0.3, -0.25) is 0 Å². The maximum Gasteiger partial charge on any atom is 0.334 e. The van der Waals surface area contributed by atoms with Gasteiger partial charge in [-0.15, -0.1) is 0 Å². The quantitative estimate of drug-likeness (QED) is 0.377. The van der Waals surface area contributed by atoms with Crippen molar-refractivity contribution in [2.75, 3.05) is 0 Å². The van der Waals surface area contributed by atoms with Crippen LogP contribution in [-0.4, -0.2) is 20.4 Å². The zero-order valence-corrected chi connectivity index (χ0v) is 19.4. The maximum atomic E-state index is 12.9. The molecule has 146 valence electrons. The highest BCUT2D eigenvalue weighted by molar-refractivity contribution is 9.10. The minimum Gasteiger partial charge on any atom is -0.459 e. The lowest BCUT2D eigenvalue weighted by atomic mass is 10.1. The molecule has 0 aliphatic carbocycles. The molecule has 0 saturated heterocycles. The summed E-state index contributed by atoms with van der Waals surface area (Å²) in [5, 5.41) is 0.0185. The Morgan fingerprint density at radius 3 is 2.15 bits per heavy atom. The second kappa shape index (κ2) is 9.17. The molecule has 0 amide bonds. The van der Waals surface area contributed by atoms with E-state index >= 15 is 0 Å². The molecule has 0 aliphatic heterocycles. The molecule has 2 aromatic carbocycles. The number of ether oxygens (including phenoxy) is 1. The largest absolute Gasteiger partial charge is 0.459 e. The summed E-state index contributed by atoms with van der Waals surface area (Å²) in [6, 6.07) is 17.7. The lowest BCUT2D eigenvalue weighted by Crippen LogP contribution is -2.47. The molecule has 2 rings (SSSR count). The predicted octanol–water partition coefficient (Wildman–Crippen LogP) is 6.13. The summed E-state index contributed by atoms with van der Waals surface area (Å²) in [4.78, 5) is 12.9. The van der Waals surface area contributed by atoms with Crippen LogP contribution in [-0.2, 0) is 27.0 Å². The van der Waals surface area contributed by atoms with E-state index in [-0.39, 0.29) is 17.6 Å². The average Bonchev–Trinajstić information content (AvgIpc) is 2.60. The van der Waals surface area contributed by atoms with Gasteiger partial charge in [0.15, 0.2) is 8.32 Å². The van der Waals surface area contributed by atoms with Gasteiger partial charge in [0.1, 0.15) is 12.7 Å². The van der Waals surface area contributed by atoms with Gasteiger partial charge in [0, 0.05) is 10.9 Å². The van der Waals surface area contributed by atoms with Crippen LogP contribution in [0.3, 0.4) is 0 Å². The van der Waals surface area contributed by atoms with Crippen molar-refractivity contribution in [2.45, 2.75) is 58.0 Å². The van der Waals surface area contributed by atoms with Crippen LogP contribution in [0.1, 0.15) is 31.9 Å². The standard InChI is InChI=1S/C22H29BrO3Si/c1-22(2,3)27(4,5)26-20(15-17-11-13-19(23)14-12-17)21(24)25-16-18-9-7-6-8-10-18/h6-14,20H,15-16H2,1-5H3. The van der Waals surface area contributed by atoms with Crippen molar-refractivity contribution in [1.82, 2.24) is 0 Å². The van der Waals surface area contributed by atoms with E-state index < -0.39 is 14.4 Å². The number of halogens is 1. The van der Waals surface area contributed by atoms with E-state index in [1.807, 2.05) is 54.6 Å². The van der Waals surface area contributed by atoms with Crippen LogP contribution in [0.15, 0.2) is 59.1 Å². The smallest absolute Gasteiger partial charge is 0.334 e. The van der Waals surface area contributed by atoms with Gasteiger partial charge in [-0.2, -0.15) is 0 Å². The van der Waals surface area contributed by atoms with E-state index in [9.17, 15) is 4.79 Å². The van der Waals surface area contributed by atoms with Gasteiger partial charge in [0.05, 0.1) is 0 Å². The lowest BCUT2D eigenvalue weighted by molar-refractivity contribution is -0.153. The fourth-order valence-corrected chi connectivity index (χ4v) is 3.87. The fraction of sp³-hybridized carbons (Fsp3) is 0.409. The van der Waals surface area contributed by atoms with Gasteiger partial charge in [-0.1, -0.05) is 79.2 Å². The number of carbonyl (C=O) groups is 1. The minimum atomic E-state index is -2.11. The number of rotatable bonds is 7. The second-order valence-corrected chi connectivity index (χ2v) is 14.0. The summed E-state index contributed by atoms with van der Waals surface area (Å²) in [5.74, 6) is -0.299. The van der Waals surface area contributed by atoms with Gasteiger partial charge in [-0.25, -0.2) is 4.79 Å². The molecule has 0 N–H and O–H groups in total. The number of benzene rings is 2. The predicted molar refractivity (Wildman–Crippen MR) is 116 cm³/mol. The molecule has 2 aromatic rings. The zero-order chi connectivity index (χ0) is 20.1. The molecule has 5 heteroatoms. The Morgan fingerprint density at radius 2 is 1.59 bits per heavy atom. The van der Waals surface area contributed by atoms with Crippen molar-refractivity contribution in [3.05, 3.63) is 70.2 Å². The lowest BCUT2D eigenvalue weighted by Gasteiger charge is -2.38. The van der Waals surface area contributed by atoms with Crippen LogP contribution in [0.2, 0.25) is 18.1 Å². The van der Waals surface area contributed by atoms with E-state index in [2.05, 4.69) is 49.8 Å². The molecular weight excluding hydrogens is 420 g/mol. The molecule has 0 spiro atoms. The Balaban J connectivity index is 2.14. The zero-order valence-electron chi connectivity index (χ0n) is 16.8. The van der Waals surface area contributed by atoms with Crippen LogP contribution in [0.25, 0.3) is 0 Å². The Labute approximate surface area is 172 Å². The number of hydrogen-bond acceptors (Lipinski definition) is 3. The van der Waals surface area contributed by atoms with Crippen LogP contribution in [0.4, 0.5) is 0 Å². The summed E-state index contributed by atoms with van der Waals surface area (Å²) in [5.41, 5.74) is 2.03. The molecule has 0 aliphatic rings. The van der Waals surface area contributed by atoms with Crippen LogP contribution < -0.4 is 0 Å².